The largest absolute Gasteiger partial charge is 0.448 e. The van der Waals surface area contributed by atoms with Crippen LogP contribution in [0.2, 0.25) is 0 Å². The fraction of sp³-hybridized carbons (Fsp3) is 0.440. The van der Waals surface area contributed by atoms with Crippen LogP contribution >= 0.6 is 0 Å². The molecule has 0 atom stereocenters. The molecule has 0 unspecified atom stereocenters. The Kier molecular flexibility index (Phi) is 5.96. The van der Waals surface area contributed by atoms with Gasteiger partial charge >= 0.3 is 0 Å². The molecule has 35 heavy (non-hydrogen) atoms. The van der Waals surface area contributed by atoms with Crippen molar-refractivity contribution in [1.29, 1.82) is 0 Å². The lowest BCUT2D eigenvalue weighted by atomic mass is 10.2. The van der Waals surface area contributed by atoms with Gasteiger partial charge in [-0.15, -0.1) is 0 Å². The number of rotatable bonds is 7. The molecule has 1 spiro atoms. The molecule has 5 rings (SSSR count). The van der Waals surface area contributed by atoms with E-state index in [4.69, 9.17) is 9.47 Å². The Morgan fingerprint density at radius 2 is 1.86 bits per heavy atom. The number of amides is 1. The van der Waals surface area contributed by atoms with Gasteiger partial charge in [0.1, 0.15) is 5.82 Å². The Labute approximate surface area is 205 Å². The molecule has 1 N–H and O–H groups in total. The van der Waals surface area contributed by atoms with Gasteiger partial charge in [0, 0.05) is 58.1 Å². The first-order valence-electron chi connectivity index (χ1n) is 11.9. The van der Waals surface area contributed by atoms with Crippen LogP contribution in [-0.4, -0.2) is 48.1 Å². The van der Waals surface area contributed by atoms with Gasteiger partial charge in [0.25, 0.3) is 5.79 Å². The molecular formula is C25H30N4O5S. The third kappa shape index (κ3) is 4.36. The predicted octanol–water partition coefficient (Wildman–Crippen LogP) is 3.92. The second-order valence-corrected chi connectivity index (χ2v) is 11.4. The van der Waals surface area contributed by atoms with E-state index < -0.39 is 15.8 Å². The highest BCUT2D eigenvalue weighted by atomic mass is 32.2. The van der Waals surface area contributed by atoms with Gasteiger partial charge in [0.05, 0.1) is 15.9 Å². The molecule has 0 bridgehead atoms. The van der Waals surface area contributed by atoms with E-state index in [0.29, 0.717) is 29.9 Å². The van der Waals surface area contributed by atoms with Gasteiger partial charge in [-0.1, -0.05) is 0 Å². The third-order valence-corrected chi connectivity index (χ3v) is 8.47. The maximum Gasteiger partial charge on any atom is 0.251 e. The number of imidazole rings is 1. The molecule has 2 heterocycles. The highest BCUT2D eigenvalue weighted by Gasteiger charge is 2.44. The Morgan fingerprint density at radius 1 is 1.11 bits per heavy atom. The number of anilines is 1. The minimum Gasteiger partial charge on any atom is -0.448 e. The van der Waals surface area contributed by atoms with Crippen molar-refractivity contribution in [3.63, 3.8) is 0 Å². The maximum atomic E-state index is 12.7. The third-order valence-electron chi connectivity index (χ3n) is 6.65. The van der Waals surface area contributed by atoms with Crippen LogP contribution in [0.1, 0.15) is 44.9 Å². The number of ether oxygens (including phenoxy) is 2. The second-order valence-electron chi connectivity index (χ2n) is 9.24. The number of nitrogens with one attached hydrogen (secondary N) is 1. The van der Waals surface area contributed by atoms with Crippen molar-refractivity contribution >= 4 is 32.7 Å². The minimum atomic E-state index is -3.55. The fourth-order valence-electron chi connectivity index (χ4n) is 4.81. The van der Waals surface area contributed by atoms with Crippen molar-refractivity contribution in [3.8, 4) is 11.5 Å². The van der Waals surface area contributed by atoms with Crippen LogP contribution < -0.4 is 14.8 Å². The van der Waals surface area contributed by atoms with E-state index in [9.17, 15) is 13.2 Å². The number of aryl methyl sites for hydroxylation is 2. The van der Waals surface area contributed by atoms with Crippen molar-refractivity contribution in [1.82, 2.24) is 13.9 Å². The highest BCUT2D eigenvalue weighted by Crippen LogP contribution is 2.47. The van der Waals surface area contributed by atoms with Crippen molar-refractivity contribution < 1.29 is 22.7 Å². The van der Waals surface area contributed by atoms with Gasteiger partial charge in [-0.05, 0) is 50.1 Å². The van der Waals surface area contributed by atoms with Crippen LogP contribution in [0.15, 0.2) is 41.3 Å². The van der Waals surface area contributed by atoms with Gasteiger partial charge in [0.15, 0.2) is 11.5 Å². The number of nitrogens with zero attached hydrogens (tertiary/aromatic N) is 3. The molecule has 10 heteroatoms. The Hall–Kier alpha value is -3.11. The predicted molar refractivity (Wildman–Crippen MR) is 132 cm³/mol. The standard InChI is InChI=1S/C25H30N4O5S/c1-4-29-20-9-8-18(35(31,32)28(2)3)16-19(20)27-23(29)11-12-24(30)26-17-7-10-21-22(15-17)34-25(33-21)13-5-6-14-25/h7-10,15-16H,4-6,11-14H2,1-3H3,(H,26,30). The fourth-order valence-corrected chi connectivity index (χ4v) is 5.73. The summed E-state index contributed by atoms with van der Waals surface area (Å²) in [6.45, 7) is 2.66. The maximum absolute atomic E-state index is 12.7. The first-order valence-corrected chi connectivity index (χ1v) is 13.4. The number of hydrogen-bond donors (Lipinski definition) is 1. The molecule has 1 amide bonds. The lowest BCUT2D eigenvalue weighted by molar-refractivity contribution is -0.116. The zero-order valence-corrected chi connectivity index (χ0v) is 21.0. The summed E-state index contributed by atoms with van der Waals surface area (Å²) in [5, 5.41) is 2.94. The second kappa shape index (κ2) is 8.83. The first-order chi connectivity index (χ1) is 16.7. The molecule has 1 saturated carbocycles. The van der Waals surface area contributed by atoms with E-state index in [1.54, 1.807) is 18.2 Å². The van der Waals surface area contributed by atoms with E-state index in [-0.39, 0.29) is 17.2 Å². The van der Waals surface area contributed by atoms with E-state index in [0.717, 1.165) is 42.8 Å². The van der Waals surface area contributed by atoms with Gasteiger partial charge < -0.3 is 19.4 Å². The van der Waals surface area contributed by atoms with Crippen molar-refractivity contribution in [2.75, 3.05) is 19.4 Å². The molecule has 2 aromatic carbocycles. The number of carbonyl (C=O) groups excluding carboxylic acids is 1. The van der Waals surface area contributed by atoms with Gasteiger partial charge in [-0.3, -0.25) is 4.79 Å². The highest BCUT2D eigenvalue weighted by molar-refractivity contribution is 7.89. The molecule has 0 saturated heterocycles. The van der Waals surface area contributed by atoms with E-state index in [2.05, 4.69) is 10.3 Å². The van der Waals surface area contributed by atoms with E-state index in [1.165, 1.54) is 18.4 Å². The molecule has 9 nitrogen and oxygen atoms in total. The molecular weight excluding hydrogens is 468 g/mol. The minimum absolute atomic E-state index is 0.134. The number of benzene rings is 2. The van der Waals surface area contributed by atoms with Crippen LogP contribution in [0, 0.1) is 0 Å². The Bertz CT molecular complexity index is 1390. The average molecular weight is 499 g/mol. The number of fused-ring (bicyclic) bond motifs is 2. The lowest BCUT2D eigenvalue weighted by Gasteiger charge is -2.21. The molecule has 1 fully saturated rings. The summed E-state index contributed by atoms with van der Waals surface area (Å²) in [6.07, 6.45) is 4.61. The van der Waals surface area contributed by atoms with Crippen LogP contribution in [0.5, 0.6) is 11.5 Å². The average Bonchev–Trinajstić information content (AvgIpc) is 3.52. The summed E-state index contributed by atoms with van der Waals surface area (Å²) in [6, 6.07) is 10.4. The zero-order valence-electron chi connectivity index (χ0n) is 20.2. The first kappa shape index (κ1) is 23.6. The summed E-state index contributed by atoms with van der Waals surface area (Å²) in [7, 11) is -0.548. The van der Waals surface area contributed by atoms with E-state index in [1.807, 2.05) is 29.7 Å². The SMILES string of the molecule is CCn1c(CCC(=O)Nc2ccc3c(c2)OC2(CCCC2)O3)nc2cc(S(=O)(=O)N(C)C)ccc21. The normalized spacial score (nSPS) is 16.5. The Balaban J connectivity index is 1.28. The van der Waals surface area contributed by atoms with Gasteiger partial charge in [-0.2, -0.15) is 0 Å². The Morgan fingerprint density at radius 3 is 2.57 bits per heavy atom. The number of carbonyl (C=O) groups is 1. The summed E-state index contributed by atoms with van der Waals surface area (Å²) < 4.78 is 40.3. The van der Waals surface area contributed by atoms with E-state index >= 15 is 0 Å². The molecule has 186 valence electrons. The van der Waals surface area contributed by atoms with Crippen molar-refractivity contribution in [3.05, 3.63) is 42.2 Å². The summed E-state index contributed by atoms with van der Waals surface area (Å²) >= 11 is 0. The molecule has 1 aliphatic heterocycles. The monoisotopic (exact) mass is 498 g/mol. The molecule has 2 aliphatic rings. The van der Waals surface area contributed by atoms with Crippen LogP contribution in [0.4, 0.5) is 5.69 Å². The summed E-state index contributed by atoms with van der Waals surface area (Å²) in [5.74, 6) is 1.46. The molecule has 3 aromatic rings. The topological polar surface area (TPSA) is 103 Å². The summed E-state index contributed by atoms with van der Waals surface area (Å²) in [4.78, 5) is 17.5. The van der Waals surface area contributed by atoms with Crippen LogP contribution in [0.3, 0.4) is 0 Å². The molecule has 1 aliphatic carbocycles. The van der Waals surface area contributed by atoms with Crippen molar-refractivity contribution in [2.45, 2.75) is 62.7 Å². The summed E-state index contributed by atoms with van der Waals surface area (Å²) in [5.41, 5.74) is 2.11. The van der Waals surface area contributed by atoms with Crippen molar-refractivity contribution in [2.24, 2.45) is 0 Å². The number of sulfonamides is 1. The van der Waals surface area contributed by atoms with Gasteiger partial charge in [0.2, 0.25) is 15.9 Å². The van der Waals surface area contributed by atoms with Crippen LogP contribution in [-0.2, 0) is 27.8 Å². The van der Waals surface area contributed by atoms with Crippen LogP contribution in [0.25, 0.3) is 11.0 Å². The number of hydrogen-bond acceptors (Lipinski definition) is 6. The zero-order chi connectivity index (χ0) is 24.8. The quantitative estimate of drug-likeness (QED) is 0.530. The lowest BCUT2D eigenvalue weighted by Crippen LogP contribution is -2.34. The molecule has 1 aromatic heterocycles. The number of aromatic nitrogens is 2. The van der Waals surface area contributed by atoms with Gasteiger partial charge in [-0.25, -0.2) is 17.7 Å². The molecule has 0 radical (unpaired) electrons. The smallest absolute Gasteiger partial charge is 0.251 e.